The molecule has 94 valence electrons. The van der Waals surface area contributed by atoms with Crippen molar-refractivity contribution >= 4 is 5.91 Å². The molecule has 3 nitrogen and oxygen atoms in total. The van der Waals surface area contributed by atoms with Gasteiger partial charge in [0, 0.05) is 12.1 Å². The van der Waals surface area contributed by atoms with E-state index in [0.29, 0.717) is 17.9 Å². The first-order valence-corrected chi connectivity index (χ1v) is 5.65. The molecule has 0 bridgehead atoms. The van der Waals surface area contributed by atoms with Crippen LogP contribution < -0.4 is 5.32 Å². The normalized spacial score (nSPS) is 10.4. The molecule has 4 heteroatoms. The van der Waals surface area contributed by atoms with Gasteiger partial charge >= 0.3 is 0 Å². The number of hydrogen-bond donors (Lipinski definition) is 1. The third kappa shape index (κ3) is 2.59. The molecule has 2 rings (SSSR count). The monoisotopic (exact) mass is 247 g/mol. The van der Waals surface area contributed by atoms with Crippen molar-refractivity contribution < 1.29 is 13.6 Å². The molecule has 2 aromatic rings. The van der Waals surface area contributed by atoms with Crippen molar-refractivity contribution in [2.24, 2.45) is 0 Å². The maximum absolute atomic E-state index is 13.0. The van der Waals surface area contributed by atoms with E-state index in [1.54, 1.807) is 25.3 Å². The summed E-state index contributed by atoms with van der Waals surface area (Å²) >= 11 is 0. The molecular formula is C14H14FNO2. The van der Waals surface area contributed by atoms with E-state index in [-0.39, 0.29) is 11.7 Å². The van der Waals surface area contributed by atoms with Crippen LogP contribution in [0.1, 0.15) is 27.2 Å². The van der Waals surface area contributed by atoms with Gasteiger partial charge < -0.3 is 9.73 Å². The first kappa shape index (κ1) is 12.4. The van der Waals surface area contributed by atoms with Gasteiger partial charge in [-0.3, -0.25) is 4.79 Å². The van der Waals surface area contributed by atoms with Gasteiger partial charge in [0.05, 0.1) is 11.8 Å². The number of benzene rings is 1. The number of nitrogens with one attached hydrogen (secondary N) is 1. The SMILES string of the molecule is Cc1coc(C)c1C(=O)NCc1cccc(F)c1. The summed E-state index contributed by atoms with van der Waals surface area (Å²) in [5.41, 5.74) is 2.07. The van der Waals surface area contributed by atoms with Crippen LogP contribution in [-0.4, -0.2) is 5.91 Å². The number of amides is 1. The van der Waals surface area contributed by atoms with Gasteiger partial charge in [0.2, 0.25) is 0 Å². The average Bonchev–Trinajstić information content (AvgIpc) is 2.66. The number of carbonyl (C=O) groups excluding carboxylic acids is 1. The van der Waals surface area contributed by atoms with E-state index >= 15 is 0 Å². The van der Waals surface area contributed by atoms with Crippen molar-refractivity contribution in [3.05, 3.63) is 58.8 Å². The Kier molecular flexibility index (Phi) is 3.46. The zero-order chi connectivity index (χ0) is 13.1. The van der Waals surface area contributed by atoms with Crippen molar-refractivity contribution in [1.82, 2.24) is 5.32 Å². The lowest BCUT2D eigenvalue weighted by atomic mass is 10.1. The molecule has 1 aromatic heterocycles. The predicted molar refractivity (Wildman–Crippen MR) is 65.8 cm³/mol. The molecule has 0 spiro atoms. The van der Waals surface area contributed by atoms with E-state index in [9.17, 15) is 9.18 Å². The molecule has 0 aliphatic rings. The maximum atomic E-state index is 13.0. The van der Waals surface area contributed by atoms with Crippen LogP contribution in [0, 0.1) is 19.7 Å². The standard InChI is InChI=1S/C14H14FNO2/c1-9-8-18-10(2)13(9)14(17)16-7-11-4-3-5-12(15)6-11/h3-6,8H,7H2,1-2H3,(H,16,17). The molecule has 1 heterocycles. The highest BCUT2D eigenvalue weighted by Crippen LogP contribution is 2.15. The highest BCUT2D eigenvalue weighted by Gasteiger charge is 2.14. The minimum atomic E-state index is -0.308. The Balaban J connectivity index is 2.05. The van der Waals surface area contributed by atoms with E-state index in [1.807, 2.05) is 6.92 Å². The Morgan fingerprint density at radius 1 is 1.39 bits per heavy atom. The summed E-state index contributed by atoms with van der Waals surface area (Å²) in [7, 11) is 0. The summed E-state index contributed by atoms with van der Waals surface area (Å²) in [6.45, 7) is 3.85. The molecule has 0 radical (unpaired) electrons. The first-order valence-electron chi connectivity index (χ1n) is 5.65. The van der Waals surface area contributed by atoms with E-state index < -0.39 is 0 Å². The zero-order valence-corrected chi connectivity index (χ0v) is 10.3. The highest BCUT2D eigenvalue weighted by atomic mass is 19.1. The molecule has 0 fully saturated rings. The second-order valence-corrected chi connectivity index (χ2v) is 4.16. The lowest BCUT2D eigenvalue weighted by Crippen LogP contribution is -2.23. The summed E-state index contributed by atoms with van der Waals surface area (Å²) in [6, 6.07) is 6.15. The number of hydrogen-bond acceptors (Lipinski definition) is 2. The van der Waals surface area contributed by atoms with Crippen LogP contribution in [-0.2, 0) is 6.54 Å². The lowest BCUT2D eigenvalue weighted by molar-refractivity contribution is 0.0949. The van der Waals surface area contributed by atoms with Crippen LogP contribution in [0.15, 0.2) is 34.9 Å². The molecule has 0 unspecified atom stereocenters. The van der Waals surface area contributed by atoms with Crippen molar-refractivity contribution in [2.75, 3.05) is 0 Å². The number of halogens is 1. The van der Waals surface area contributed by atoms with Crippen LogP contribution in [0.2, 0.25) is 0 Å². The smallest absolute Gasteiger partial charge is 0.255 e. The van der Waals surface area contributed by atoms with Gasteiger partial charge in [-0.25, -0.2) is 4.39 Å². The quantitative estimate of drug-likeness (QED) is 0.906. The van der Waals surface area contributed by atoms with Crippen LogP contribution in [0.5, 0.6) is 0 Å². The Labute approximate surface area is 105 Å². The van der Waals surface area contributed by atoms with E-state index in [4.69, 9.17) is 4.42 Å². The molecular weight excluding hydrogens is 233 g/mol. The summed E-state index contributed by atoms with van der Waals surface area (Å²) in [5.74, 6) is 0.0738. The summed E-state index contributed by atoms with van der Waals surface area (Å²) in [4.78, 5) is 11.9. The van der Waals surface area contributed by atoms with Gasteiger partial charge in [-0.1, -0.05) is 12.1 Å². The third-order valence-corrected chi connectivity index (χ3v) is 2.73. The molecule has 0 aliphatic carbocycles. The first-order chi connectivity index (χ1) is 8.58. The van der Waals surface area contributed by atoms with Gasteiger partial charge in [-0.15, -0.1) is 0 Å². The second-order valence-electron chi connectivity index (χ2n) is 4.16. The number of furan rings is 1. The third-order valence-electron chi connectivity index (χ3n) is 2.73. The van der Waals surface area contributed by atoms with Crippen LogP contribution in [0.25, 0.3) is 0 Å². The summed E-state index contributed by atoms with van der Waals surface area (Å²) in [5, 5.41) is 2.74. The van der Waals surface area contributed by atoms with E-state index in [1.165, 1.54) is 12.1 Å². The Morgan fingerprint density at radius 2 is 2.17 bits per heavy atom. The molecule has 1 aromatic carbocycles. The molecule has 1 N–H and O–H groups in total. The van der Waals surface area contributed by atoms with Gasteiger partial charge in [0.25, 0.3) is 5.91 Å². The van der Waals surface area contributed by atoms with Crippen LogP contribution in [0.3, 0.4) is 0 Å². The average molecular weight is 247 g/mol. The number of rotatable bonds is 3. The highest BCUT2D eigenvalue weighted by molar-refractivity contribution is 5.96. The Bertz CT molecular complexity index is 555. The minimum Gasteiger partial charge on any atom is -0.469 e. The number of aryl methyl sites for hydroxylation is 2. The molecule has 0 saturated heterocycles. The molecule has 0 saturated carbocycles. The van der Waals surface area contributed by atoms with E-state index in [2.05, 4.69) is 5.32 Å². The minimum absolute atomic E-state index is 0.206. The second kappa shape index (κ2) is 5.04. The Hall–Kier alpha value is -2.10. The van der Waals surface area contributed by atoms with Crippen molar-refractivity contribution in [3.8, 4) is 0 Å². The van der Waals surface area contributed by atoms with Crippen LogP contribution >= 0.6 is 0 Å². The summed E-state index contributed by atoms with van der Waals surface area (Å²) in [6.07, 6.45) is 1.55. The van der Waals surface area contributed by atoms with Crippen molar-refractivity contribution in [3.63, 3.8) is 0 Å². The van der Waals surface area contributed by atoms with Gasteiger partial charge in [-0.05, 0) is 31.5 Å². The summed E-state index contributed by atoms with van der Waals surface area (Å²) < 4.78 is 18.1. The molecule has 1 amide bonds. The fraction of sp³-hybridized carbons (Fsp3) is 0.214. The van der Waals surface area contributed by atoms with E-state index in [0.717, 1.165) is 11.1 Å². The van der Waals surface area contributed by atoms with Gasteiger partial charge in [0.1, 0.15) is 11.6 Å². The number of carbonyl (C=O) groups is 1. The predicted octanol–water partition coefficient (Wildman–Crippen LogP) is 2.97. The fourth-order valence-electron chi connectivity index (χ4n) is 1.83. The molecule has 0 atom stereocenters. The fourth-order valence-corrected chi connectivity index (χ4v) is 1.83. The van der Waals surface area contributed by atoms with Crippen molar-refractivity contribution in [2.45, 2.75) is 20.4 Å². The van der Waals surface area contributed by atoms with Gasteiger partial charge in [-0.2, -0.15) is 0 Å². The maximum Gasteiger partial charge on any atom is 0.255 e. The largest absolute Gasteiger partial charge is 0.469 e. The van der Waals surface area contributed by atoms with Crippen molar-refractivity contribution in [1.29, 1.82) is 0 Å². The lowest BCUT2D eigenvalue weighted by Gasteiger charge is -2.05. The zero-order valence-electron chi connectivity index (χ0n) is 10.3. The topological polar surface area (TPSA) is 42.2 Å². The Morgan fingerprint density at radius 3 is 2.78 bits per heavy atom. The molecule has 18 heavy (non-hydrogen) atoms. The van der Waals surface area contributed by atoms with Gasteiger partial charge in [0.15, 0.2) is 0 Å². The van der Waals surface area contributed by atoms with Crippen LogP contribution in [0.4, 0.5) is 4.39 Å². The molecule has 0 aliphatic heterocycles.